The zero-order chi connectivity index (χ0) is 31.7. The minimum absolute atomic E-state index is 0.235. The largest absolute Gasteiger partial charge is 0.457 e. The van der Waals surface area contributed by atoms with Gasteiger partial charge in [-0.25, -0.2) is 0 Å². The molecule has 0 N–H and O–H groups in total. The Hall–Kier alpha value is -6.43. The molecule has 0 atom stereocenters. The Morgan fingerprint density at radius 3 is 1.96 bits per heavy atom. The Kier molecular flexibility index (Phi) is 7.45. The standard InChI is InChI=1S/C33H22N4O8/c38-31(26-17-14-23(36(41)42)20-29(26)37(43)44)34(22-12-15-25(16-13-22)45-24-8-2-1-3-9-24)18-19-35-32(39)27-10-4-6-21-7-5-11-28(30(21)27)33(35)40/h1-17,20H,18-19H2. The summed E-state index contributed by atoms with van der Waals surface area (Å²) >= 11 is 0. The molecule has 5 aromatic rings. The second kappa shape index (κ2) is 11.7. The van der Waals surface area contributed by atoms with Gasteiger partial charge in [0.2, 0.25) is 0 Å². The van der Waals surface area contributed by atoms with E-state index in [9.17, 15) is 34.6 Å². The van der Waals surface area contributed by atoms with Crippen molar-refractivity contribution in [3.63, 3.8) is 0 Å². The van der Waals surface area contributed by atoms with Gasteiger partial charge in [-0.2, -0.15) is 0 Å². The Morgan fingerprint density at radius 2 is 1.36 bits per heavy atom. The molecule has 0 saturated carbocycles. The monoisotopic (exact) mass is 602 g/mol. The van der Waals surface area contributed by atoms with Gasteiger partial charge >= 0.3 is 0 Å². The number of nitrogens with zero attached hydrogens (tertiary/aromatic N) is 4. The van der Waals surface area contributed by atoms with Crippen LogP contribution in [0.2, 0.25) is 0 Å². The van der Waals surface area contributed by atoms with Crippen LogP contribution in [0.3, 0.4) is 0 Å². The topological polar surface area (TPSA) is 153 Å². The molecule has 0 aromatic heterocycles. The Balaban J connectivity index is 1.35. The Morgan fingerprint density at radius 1 is 0.733 bits per heavy atom. The lowest BCUT2D eigenvalue weighted by Crippen LogP contribution is -2.46. The van der Waals surface area contributed by atoms with E-state index in [0.29, 0.717) is 28.0 Å². The summed E-state index contributed by atoms with van der Waals surface area (Å²) in [6.45, 7) is -0.474. The van der Waals surface area contributed by atoms with Gasteiger partial charge in [-0.1, -0.05) is 42.5 Å². The summed E-state index contributed by atoms with van der Waals surface area (Å²) < 4.78 is 5.83. The van der Waals surface area contributed by atoms with Crippen molar-refractivity contribution < 1.29 is 29.0 Å². The van der Waals surface area contributed by atoms with Crippen LogP contribution in [0.5, 0.6) is 11.5 Å². The summed E-state index contributed by atoms with van der Waals surface area (Å²) in [6, 6.07) is 28.4. The lowest BCUT2D eigenvalue weighted by atomic mass is 9.94. The highest BCUT2D eigenvalue weighted by atomic mass is 16.6. The van der Waals surface area contributed by atoms with Gasteiger partial charge in [0.25, 0.3) is 29.1 Å². The summed E-state index contributed by atoms with van der Waals surface area (Å²) in [6.07, 6.45) is 0. The number of hydrogen-bond acceptors (Lipinski definition) is 8. The molecule has 0 fully saturated rings. The van der Waals surface area contributed by atoms with Crippen LogP contribution in [0.15, 0.2) is 109 Å². The summed E-state index contributed by atoms with van der Waals surface area (Å²) in [4.78, 5) is 64.6. The molecule has 1 aliphatic heterocycles. The van der Waals surface area contributed by atoms with Crippen LogP contribution in [0, 0.1) is 20.2 Å². The summed E-state index contributed by atoms with van der Waals surface area (Å²) in [5, 5.41) is 24.4. The highest BCUT2D eigenvalue weighted by Crippen LogP contribution is 2.32. The number of amides is 3. The minimum Gasteiger partial charge on any atom is -0.457 e. The van der Waals surface area contributed by atoms with Crippen molar-refractivity contribution in [3.05, 3.63) is 146 Å². The number of carbonyl (C=O) groups is 3. The molecule has 0 aliphatic carbocycles. The molecule has 0 unspecified atom stereocenters. The van der Waals surface area contributed by atoms with Crippen molar-refractivity contribution in [2.45, 2.75) is 0 Å². The van der Waals surface area contributed by atoms with Gasteiger partial charge in [0, 0.05) is 41.4 Å². The third kappa shape index (κ3) is 5.43. The molecule has 0 spiro atoms. The van der Waals surface area contributed by atoms with Crippen LogP contribution in [0.1, 0.15) is 31.1 Å². The van der Waals surface area contributed by atoms with E-state index in [-0.39, 0.29) is 18.8 Å². The SMILES string of the molecule is O=C1c2cccc3cccc(c23)C(=O)N1CCN(C(=O)c1ccc([N+](=O)[O-])cc1[N+](=O)[O-])c1ccc(Oc2ccccc2)cc1. The third-order valence-electron chi connectivity index (χ3n) is 7.39. The zero-order valence-corrected chi connectivity index (χ0v) is 23.4. The van der Waals surface area contributed by atoms with Crippen LogP contribution >= 0.6 is 0 Å². The molecule has 1 heterocycles. The van der Waals surface area contributed by atoms with Crippen LogP contribution in [-0.2, 0) is 0 Å². The first-order valence-corrected chi connectivity index (χ1v) is 13.7. The fraction of sp³-hybridized carbons (Fsp3) is 0.0606. The van der Waals surface area contributed by atoms with Crippen LogP contribution < -0.4 is 9.64 Å². The maximum absolute atomic E-state index is 13.9. The molecule has 45 heavy (non-hydrogen) atoms. The number of imide groups is 1. The van der Waals surface area contributed by atoms with Gasteiger partial charge in [-0.3, -0.25) is 39.5 Å². The van der Waals surface area contributed by atoms with E-state index in [1.165, 1.54) is 4.90 Å². The number of para-hydroxylation sites is 1. The van der Waals surface area contributed by atoms with Crippen molar-refractivity contribution >= 4 is 45.6 Å². The number of carbonyl (C=O) groups excluding carboxylic acids is 3. The van der Waals surface area contributed by atoms with Crippen molar-refractivity contribution in [2.24, 2.45) is 0 Å². The maximum Gasteiger partial charge on any atom is 0.289 e. The van der Waals surface area contributed by atoms with Crippen molar-refractivity contribution in [1.29, 1.82) is 0 Å². The van der Waals surface area contributed by atoms with E-state index in [2.05, 4.69) is 0 Å². The van der Waals surface area contributed by atoms with Gasteiger partial charge in [0.05, 0.1) is 15.9 Å². The minimum atomic E-state index is -0.871. The molecular formula is C33H22N4O8. The first-order valence-electron chi connectivity index (χ1n) is 13.7. The lowest BCUT2D eigenvalue weighted by molar-refractivity contribution is -0.394. The van der Waals surface area contributed by atoms with Crippen LogP contribution in [-0.4, -0.2) is 45.6 Å². The van der Waals surface area contributed by atoms with E-state index in [0.717, 1.165) is 28.5 Å². The fourth-order valence-electron chi connectivity index (χ4n) is 5.26. The first kappa shape index (κ1) is 28.7. The van der Waals surface area contributed by atoms with Gasteiger partial charge < -0.3 is 9.64 Å². The van der Waals surface area contributed by atoms with Gasteiger partial charge in [-0.05, 0) is 60.0 Å². The molecule has 6 rings (SSSR count). The third-order valence-corrected chi connectivity index (χ3v) is 7.39. The normalized spacial score (nSPS) is 12.2. The lowest BCUT2D eigenvalue weighted by Gasteiger charge is -2.30. The Bertz CT molecular complexity index is 1960. The van der Waals surface area contributed by atoms with Crippen LogP contribution in [0.25, 0.3) is 10.8 Å². The average Bonchev–Trinajstić information content (AvgIpc) is 3.05. The number of hydrogen-bond donors (Lipinski definition) is 0. The van der Waals surface area contributed by atoms with Gasteiger partial charge in [-0.15, -0.1) is 0 Å². The highest BCUT2D eigenvalue weighted by molar-refractivity contribution is 6.25. The van der Waals surface area contributed by atoms with Gasteiger partial charge in [0.15, 0.2) is 0 Å². The number of nitro groups is 2. The number of anilines is 1. The molecule has 1 aliphatic rings. The maximum atomic E-state index is 13.9. The van der Waals surface area contributed by atoms with Crippen molar-refractivity contribution in [3.8, 4) is 11.5 Å². The van der Waals surface area contributed by atoms with Gasteiger partial charge in [0.1, 0.15) is 17.1 Å². The summed E-state index contributed by atoms with van der Waals surface area (Å²) in [5.41, 5.74) is -0.740. The van der Waals surface area contributed by atoms with E-state index < -0.39 is 44.5 Å². The van der Waals surface area contributed by atoms with E-state index in [1.807, 2.05) is 18.2 Å². The molecule has 12 nitrogen and oxygen atoms in total. The molecule has 0 bridgehead atoms. The molecule has 5 aromatic carbocycles. The molecule has 0 radical (unpaired) electrons. The second-order valence-electron chi connectivity index (χ2n) is 10.1. The number of rotatable bonds is 9. The predicted molar refractivity (Wildman–Crippen MR) is 164 cm³/mol. The zero-order valence-electron chi connectivity index (χ0n) is 23.4. The number of nitro benzene ring substituents is 2. The highest BCUT2D eigenvalue weighted by Gasteiger charge is 2.34. The van der Waals surface area contributed by atoms with Crippen molar-refractivity contribution in [2.75, 3.05) is 18.0 Å². The fourth-order valence-corrected chi connectivity index (χ4v) is 5.26. The number of benzene rings is 5. The van der Waals surface area contributed by atoms with E-state index >= 15 is 0 Å². The first-order chi connectivity index (χ1) is 21.7. The molecule has 0 saturated heterocycles. The quantitative estimate of drug-likeness (QED) is 0.107. The smallest absolute Gasteiger partial charge is 0.289 e. The summed E-state index contributed by atoms with van der Waals surface area (Å²) in [7, 11) is 0. The Labute approximate surface area is 255 Å². The molecular weight excluding hydrogens is 580 g/mol. The summed E-state index contributed by atoms with van der Waals surface area (Å²) in [5.74, 6) is -0.899. The number of non-ortho nitro benzene ring substituents is 1. The predicted octanol–water partition coefficient (Wildman–Crippen LogP) is 6.39. The molecule has 12 heteroatoms. The molecule has 222 valence electrons. The second-order valence-corrected chi connectivity index (χ2v) is 10.1. The van der Waals surface area contributed by atoms with E-state index in [4.69, 9.17) is 4.74 Å². The molecule has 3 amide bonds. The number of ether oxygens (including phenoxy) is 1. The average molecular weight is 603 g/mol. The van der Waals surface area contributed by atoms with Crippen LogP contribution in [0.4, 0.5) is 17.1 Å². The van der Waals surface area contributed by atoms with Crippen molar-refractivity contribution in [1.82, 2.24) is 4.90 Å². The van der Waals surface area contributed by atoms with E-state index in [1.54, 1.807) is 72.8 Å².